The first-order valence-electron chi connectivity index (χ1n) is 1.21. The van der Waals surface area contributed by atoms with Crippen LogP contribution in [0.5, 0.6) is 0 Å². The fourth-order valence-corrected chi connectivity index (χ4v) is 0. The van der Waals surface area contributed by atoms with Gasteiger partial charge >= 0.3 is 35.7 Å². The minimum Gasteiger partial charge on any atom is -1.00 e. The van der Waals surface area contributed by atoms with Gasteiger partial charge in [-0.3, -0.25) is 4.79 Å². The summed E-state index contributed by atoms with van der Waals surface area (Å²) in [5.74, 6) is 0. The Morgan fingerprint density at radius 1 is 1.33 bits per heavy atom. The molecule has 0 saturated carbocycles. The smallest absolute Gasteiger partial charge is 1.00 e. The van der Waals surface area contributed by atoms with Gasteiger partial charge in [-0.05, 0) is 0 Å². The summed E-state index contributed by atoms with van der Waals surface area (Å²) in [6, 6.07) is 0. The maximum Gasteiger partial charge on any atom is 1.00 e. The first-order valence-corrected chi connectivity index (χ1v) is 2.29. The van der Waals surface area contributed by atoms with E-state index < -0.39 is 9.97 Å². The molecule has 0 N–H and O–H groups in total. The summed E-state index contributed by atoms with van der Waals surface area (Å²) >= 11 is 0.685. The summed E-state index contributed by atoms with van der Waals surface area (Å²) in [4.78, 5) is 9.33. The van der Waals surface area contributed by atoms with E-state index in [-0.39, 0.29) is 53.5 Å². The summed E-state index contributed by atoms with van der Waals surface area (Å²) in [5.41, 5.74) is 0. The van der Waals surface area contributed by atoms with Crippen LogP contribution in [-0.4, -0.2) is 9.97 Å². The molecule has 50 valence electrons. The Kier molecular flexibility index (Phi) is 12.6. The minimum absolute atomic E-state index is 0. The molecule has 0 amide bonds. The average molecular weight is 374 g/mol. The van der Waals surface area contributed by atoms with Crippen molar-refractivity contribution in [2.45, 2.75) is 6.18 Å². The van der Waals surface area contributed by atoms with E-state index in [1.165, 1.54) is 0 Å². The second-order valence-corrected chi connectivity index (χ2v) is 1.75. The van der Waals surface area contributed by atoms with Crippen LogP contribution in [-0.2, 0) is 4.79 Å². The number of halogens is 5. The predicted octanol–water partition coefficient (Wildman–Crippen LogP) is -4.48. The van der Waals surface area contributed by atoms with Gasteiger partial charge in [-0.25, -0.2) is 0 Å². The molecule has 0 aliphatic carbocycles. The van der Waals surface area contributed by atoms with Crippen LogP contribution in [0.1, 0.15) is 0 Å². The number of hydrogen-bond donors (Lipinski definition) is 0. The van der Waals surface area contributed by atoms with Crippen molar-refractivity contribution in [2.75, 3.05) is 0 Å². The molecule has 0 aromatic carbocycles. The molecule has 0 rings (SSSR count). The van der Waals surface area contributed by atoms with Crippen molar-refractivity contribution in [1.82, 2.24) is 0 Å². The van der Waals surface area contributed by atoms with E-state index in [0.29, 0.717) is 22.6 Å². The van der Waals surface area contributed by atoms with Crippen molar-refractivity contribution >= 4 is 26.4 Å². The molecule has 0 radical (unpaired) electrons. The molecule has 0 aromatic rings. The van der Waals surface area contributed by atoms with Gasteiger partial charge in [0.1, 0.15) is 0 Å². The standard InChI is InChI=1S/C2F3IO.HI.Na/c3-2(4,5)1(6)7;;/h;1H;/q;;+1/p-1. The molecule has 0 fully saturated rings. The predicted molar refractivity (Wildman–Crippen MR) is 25.1 cm³/mol. The molecule has 0 unspecified atom stereocenters. The molecule has 0 aliphatic rings. The summed E-state index contributed by atoms with van der Waals surface area (Å²) < 4.78 is 30.7. The van der Waals surface area contributed by atoms with Crippen molar-refractivity contribution in [1.29, 1.82) is 0 Å². The van der Waals surface area contributed by atoms with Crippen molar-refractivity contribution in [3.05, 3.63) is 0 Å². The van der Waals surface area contributed by atoms with Crippen LogP contribution in [0, 0.1) is 0 Å². The van der Waals surface area contributed by atoms with E-state index in [2.05, 4.69) is 0 Å². The molecule has 0 heterocycles. The third-order valence-corrected chi connectivity index (χ3v) is 0.834. The molecule has 0 aromatic heterocycles. The van der Waals surface area contributed by atoms with Gasteiger partial charge in [-0.15, -0.1) is 0 Å². The Balaban J connectivity index is -0.000000180. The van der Waals surface area contributed by atoms with Crippen molar-refractivity contribution in [2.24, 2.45) is 0 Å². The molecule has 0 saturated heterocycles. The summed E-state index contributed by atoms with van der Waals surface area (Å²) in [6.07, 6.45) is -4.65. The molecule has 0 spiro atoms. The minimum atomic E-state index is -4.65. The Bertz CT molecular complexity index is 92.3. The number of carbonyl (C=O) groups excluding carboxylic acids is 1. The zero-order valence-corrected chi connectivity index (χ0v) is 10.6. The zero-order chi connectivity index (χ0) is 6.08. The van der Waals surface area contributed by atoms with Crippen molar-refractivity contribution < 1.29 is 71.5 Å². The van der Waals surface area contributed by atoms with E-state index in [1.807, 2.05) is 0 Å². The average Bonchev–Trinajstić information content (AvgIpc) is 1.31. The number of hydrogen-bond acceptors (Lipinski definition) is 1. The van der Waals surface area contributed by atoms with Gasteiger partial charge in [0.2, 0.25) is 0 Å². The van der Waals surface area contributed by atoms with E-state index >= 15 is 0 Å². The van der Waals surface area contributed by atoms with Crippen LogP contribution in [0.2, 0.25) is 0 Å². The Labute approximate surface area is 103 Å². The first-order chi connectivity index (χ1) is 2.94. The number of alkyl halides is 3. The fraction of sp³-hybridized carbons (Fsp3) is 0.500. The van der Waals surface area contributed by atoms with Crippen LogP contribution in [0.25, 0.3) is 0 Å². The van der Waals surface area contributed by atoms with E-state index in [4.69, 9.17) is 0 Å². The summed E-state index contributed by atoms with van der Waals surface area (Å²) in [5, 5.41) is 0. The second kappa shape index (κ2) is 6.62. The van der Waals surface area contributed by atoms with E-state index in [9.17, 15) is 18.0 Å². The Hall–Kier alpha value is 1.92. The fourth-order valence-electron chi connectivity index (χ4n) is 0. The van der Waals surface area contributed by atoms with Gasteiger partial charge < -0.3 is 24.0 Å². The summed E-state index contributed by atoms with van der Waals surface area (Å²) in [7, 11) is 0. The SMILES string of the molecule is O=C(I)C(F)(F)F.[I-].[Na+]. The van der Waals surface area contributed by atoms with Crippen LogP contribution in [0.15, 0.2) is 0 Å². The maximum absolute atomic E-state index is 10.8. The van der Waals surface area contributed by atoms with Crippen LogP contribution >= 0.6 is 22.6 Å². The van der Waals surface area contributed by atoms with Crippen LogP contribution in [0.3, 0.4) is 0 Å². The Morgan fingerprint density at radius 2 is 1.44 bits per heavy atom. The quantitative estimate of drug-likeness (QED) is 0.238. The summed E-state index contributed by atoms with van der Waals surface area (Å²) in [6.45, 7) is 0. The van der Waals surface area contributed by atoms with Crippen LogP contribution < -0.4 is 53.5 Å². The maximum atomic E-state index is 10.8. The zero-order valence-electron chi connectivity index (χ0n) is 4.30. The molecule has 7 heteroatoms. The van der Waals surface area contributed by atoms with Gasteiger partial charge in [0, 0.05) is 22.6 Å². The molecular weight excluding hydrogens is 374 g/mol. The monoisotopic (exact) mass is 374 g/mol. The van der Waals surface area contributed by atoms with Crippen LogP contribution in [0.4, 0.5) is 13.2 Å². The number of rotatable bonds is 0. The van der Waals surface area contributed by atoms with E-state index in [0.717, 1.165) is 0 Å². The third kappa shape index (κ3) is 9.92. The molecule has 0 bridgehead atoms. The second-order valence-electron chi connectivity index (χ2n) is 0.771. The third-order valence-electron chi connectivity index (χ3n) is 0.223. The van der Waals surface area contributed by atoms with Gasteiger partial charge in [0.05, 0.1) is 0 Å². The molecular formula is C2F3I2NaO. The topological polar surface area (TPSA) is 17.1 Å². The van der Waals surface area contributed by atoms with E-state index in [1.54, 1.807) is 0 Å². The molecule has 9 heavy (non-hydrogen) atoms. The van der Waals surface area contributed by atoms with Crippen molar-refractivity contribution in [3.63, 3.8) is 0 Å². The molecule has 1 nitrogen and oxygen atoms in total. The van der Waals surface area contributed by atoms with Gasteiger partial charge in [0.25, 0.3) is 3.79 Å². The van der Waals surface area contributed by atoms with Crippen molar-refractivity contribution in [3.8, 4) is 0 Å². The van der Waals surface area contributed by atoms with Gasteiger partial charge in [-0.2, -0.15) is 13.2 Å². The molecule has 0 atom stereocenters. The van der Waals surface area contributed by atoms with Gasteiger partial charge in [-0.1, -0.05) is 0 Å². The molecule has 0 aliphatic heterocycles. The first kappa shape index (κ1) is 17.1. The number of carbonyl (C=O) groups is 1. The van der Waals surface area contributed by atoms with Gasteiger partial charge in [0.15, 0.2) is 0 Å². The Morgan fingerprint density at radius 3 is 1.44 bits per heavy atom. The normalized spacial score (nSPS) is 8.89. The largest absolute Gasteiger partial charge is 1.00 e.